The quantitative estimate of drug-likeness (QED) is 0.286. The van der Waals surface area contributed by atoms with Crippen LogP contribution in [-0.2, 0) is 4.57 Å². The van der Waals surface area contributed by atoms with E-state index >= 15 is 0 Å². The van der Waals surface area contributed by atoms with Crippen LogP contribution >= 0.6 is 7.82 Å². The molecule has 0 fully saturated rings. The lowest BCUT2D eigenvalue weighted by atomic mass is 10.3. The minimum atomic E-state index is -4.64. The summed E-state index contributed by atoms with van der Waals surface area (Å²) in [4.78, 5) is 21.6. The number of aliphatic hydroxyl groups is 3. The third-order valence-electron chi connectivity index (χ3n) is 0.673. The maximum atomic E-state index is 8.88. The lowest BCUT2D eigenvalue weighted by Crippen LogP contribution is -2.12. The molecule has 12 heavy (non-hydrogen) atoms. The predicted molar refractivity (Wildman–Crippen MR) is 39.1 cm³/mol. The third kappa shape index (κ3) is 32.4. The van der Waals surface area contributed by atoms with Crippen LogP contribution in [-0.4, -0.2) is 49.3 Å². The summed E-state index contributed by atoms with van der Waals surface area (Å²) in [6.45, 7) is -0.331. The minimum Gasteiger partial charge on any atom is -0.396 e. The van der Waals surface area contributed by atoms with Gasteiger partial charge in [0.05, 0.1) is 12.7 Å². The fraction of sp³-hybridized carbons (Fsp3) is 1.00. The highest BCUT2D eigenvalue weighted by Gasteiger charge is 2.00. The van der Waals surface area contributed by atoms with Crippen molar-refractivity contribution in [3.05, 3.63) is 0 Å². The molecule has 1 atom stereocenters. The van der Waals surface area contributed by atoms with Crippen molar-refractivity contribution in [2.75, 3.05) is 13.2 Å². The van der Waals surface area contributed by atoms with Gasteiger partial charge in [-0.25, -0.2) is 4.57 Å². The van der Waals surface area contributed by atoms with Crippen molar-refractivity contribution < 1.29 is 34.6 Å². The molecule has 0 amide bonds. The number of aliphatic hydroxyl groups excluding tert-OH is 3. The van der Waals surface area contributed by atoms with Gasteiger partial charge in [0.1, 0.15) is 0 Å². The zero-order valence-corrected chi connectivity index (χ0v) is 7.13. The van der Waals surface area contributed by atoms with Gasteiger partial charge in [-0.3, -0.25) is 0 Å². The van der Waals surface area contributed by atoms with Crippen LogP contribution in [0.15, 0.2) is 0 Å². The van der Waals surface area contributed by atoms with E-state index in [4.69, 9.17) is 34.6 Å². The van der Waals surface area contributed by atoms with Crippen LogP contribution in [0.2, 0.25) is 0 Å². The van der Waals surface area contributed by atoms with E-state index in [9.17, 15) is 0 Å². The minimum absolute atomic E-state index is 0.0677. The smallest absolute Gasteiger partial charge is 0.396 e. The van der Waals surface area contributed by atoms with Crippen molar-refractivity contribution in [3.8, 4) is 0 Å². The van der Waals surface area contributed by atoms with E-state index in [1.807, 2.05) is 0 Å². The first-order chi connectivity index (χ1) is 5.31. The highest BCUT2D eigenvalue weighted by molar-refractivity contribution is 7.45. The average molecular weight is 204 g/mol. The van der Waals surface area contributed by atoms with Crippen molar-refractivity contribution in [1.82, 2.24) is 0 Å². The average Bonchev–Trinajstić information content (AvgIpc) is 1.85. The Hall–Kier alpha value is -0.0100. The second-order valence-electron chi connectivity index (χ2n) is 1.86. The molecule has 1 unspecified atom stereocenters. The summed E-state index contributed by atoms with van der Waals surface area (Å²) in [5, 5.41) is 24.6. The lowest BCUT2D eigenvalue weighted by molar-refractivity contribution is 0.0721. The molecule has 7 nitrogen and oxygen atoms in total. The second-order valence-corrected chi connectivity index (χ2v) is 2.89. The first-order valence-electron chi connectivity index (χ1n) is 2.99. The largest absolute Gasteiger partial charge is 0.466 e. The molecule has 76 valence electrons. The molecule has 6 N–H and O–H groups in total. The van der Waals surface area contributed by atoms with Gasteiger partial charge in [0.25, 0.3) is 0 Å². The van der Waals surface area contributed by atoms with E-state index in [0.29, 0.717) is 0 Å². The van der Waals surface area contributed by atoms with Crippen LogP contribution in [0.1, 0.15) is 6.42 Å². The first-order valence-corrected chi connectivity index (χ1v) is 4.55. The van der Waals surface area contributed by atoms with Gasteiger partial charge in [0.15, 0.2) is 0 Å². The van der Waals surface area contributed by atoms with E-state index < -0.39 is 13.9 Å². The first kappa shape index (κ1) is 14.5. The standard InChI is InChI=1S/C4H10O3.H3O4P/c5-2-1-4(7)3-6;1-5(2,3)4/h4-7H,1-3H2;(H3,1,2,3,4). The van der Waals surface area contributed by atoms with Crippen molar-refractivity contribution >= 4 is 7.82 Å². The maximum Gasteiger partial charge on any atom is 0.466 e. The molecule has 0 saturated heterocycles. The molecule has 0 aliphatic rings. The molecule has 0 heterocycles. The molecule has 0 aliphatic carbocycles. The fourth-order valence-electron chi connectivity index (χ4n) is 0.240. The van der Waals surface area contributed by atoms with Crippen molar-refractivity contribution in [3.63, 3.8) is 0 Å². The summed E-state index contributed by atoms with van der Waals surface area (Å²) < 4.78 is 8.88. The Morgan fingerprint density at radius 3 is 1.58 bits per heavy atom. The highest BCUT2D eigenvalue weighted by atomic mass is 31.2. The van der Waals surface area contributed by atoms with Crippen LogP contribution in [0.3, 0.4) is 0 Å². The molecule has 8 heteroatoms. The van der Waals surface area contributed by atoms with Crippen molar-refractivity contribution in [1.29, 1.82) is 0 Å². The van der Waals surface area contributed by atoms with Gasteiger partial charge in [-0.2, -0.15) is 0 Å². The van der Waals surface area contributed by atoms with Crippen LogP contribution in [0.25, 0.3) is 0 Å². The summed E-state index contributed by atoms with van der Waals surface area (Å²) >= 11 is 0. The SMILES string of the molecule is O=P(O)(O)O.OCCC(O)CO. The molecular formula is C4H13O7P. The molecule has 0 aromatic rings. The van der Waals surface area contributed by atoms with Gasteiger partial charge in [-0.15, -0.1) is 0 Å². The van der Waals surface area contributed by atoms with Crippen LogP contribution in [0.4, 0.5) is 0 Å². The van der Waals surface area contributed by atoms with E-state index in [2.05, 4.69) is 0 Å². The van der Waals surface area contributed by atoms with Gasteiger partial charge in [0, 0.05) is 6.61 Å². The Balaban J connectivity index is 0. The Labute approximate surface area is 69.2 Å². The molecule has 0 bridgehead atoms. The Bertz CT molecular complexity index is 123. The van der Waals surface area contributed by atoms with Gasteiger partial charge >= 0.3 is 7.82 Å². The predicted octanol–water partition coefficient (Wildman–Crippen LogP) is -2.21. The summed E-state index contributed by atoms with van der Waals surface area (Å²) in [6, 6.07) is 0. The molecule has 0 aromatic carbocycles. The highest BCUT2D eigenvalue weighted by Crippen LogP contribution is 2.25. The lowest BCUT2D eigenvalue weighted by Gasteiger charge is -2.00. The number of hydrogen-bond donors (Lipinski definition) is 6. The fourth-order valence-corrected chi connectivity index (χ4v) is 0.240. The molecule has 0 saturated carbocycles. The van der Waals surface area contributed by atoms with Crippen LogP contribution in [0, 0.1) is 0 Å². The van der Waals surface area contributed by atoms with Crippen molar-refractivity contribution in [2.24, 2.45) is 0 Å². The van der Waals surface area contributed by atoms with Gasteiger partial charge in [0.2, 0.25) is 0 Å². The number of rotatable bonds is 3. The topological polar surface area (TPSA) is 138 Å². The molecule has 0 aromatic heterocycles. The van der Waals surface area contributed by atoms with Gasteiger partial charge in [-0.05, 0) is 6.42 Å². The third-order valence-corrected chi connectivity index (χ3v) is 0.673. The number of hydrogen-bond acceptors (Lipinski definition) is 4. The summed E-state index contributed by atoms with van der Waals surface area (Å²) in [5.41, 5.74) is 0. The van der Waals surface area contributed by atoms with Gasteiger partial charge in [-0.1, -0.05) is 0 Å². The molecule has 0 spiro atoms. The van der Waals surface area contributed by atoms with Crippen LogP contribution in [0.5, 0.6) is 0 Å². The van der Waals surface area contributed by atoms with Crippen LogP contribution < -0.4 is 0 Å². The van der Waals surface area contributed by atoms with Crippen molar-refractivity contribution in [2.45, 2.75) is 12.5 Å². The number of phosphoric acid groups is 1. The van der Waals surface area contributed by atoms with E-state index in [1.54, 1.807) is 0 Å². The van der Waals surface area contributed by atoms with E-state index in [-0.39, 0.29) is 19.6 Å². The monoisotopic (exact) mass is 204 g/mol. The second kappa shape index (κ2) is 7.63. The Kier molecular flexibility index (Phi) is 9.23. The molecular weight excluding hydrogens is 191 g/mol. The molecule has 0 rings (SSSR count). The summed E-state index contributed by atoms with van der Waals surface area (Å²) in [5.74, 6) is 0. The Morgan fingerprint density at radius 2 is 1.50 bits per heavy atom. The van der Waals surface area contributed by atoms with E-state index in [1.165, 1.54) is 0 Å². The van der Waals surface area contributed by atoms with E-state index in [0.717, 1.165) is 0 Å². The Morgan fingerprint density at radius 1 is 1.17 bits per heavy atom. The maximum absolute atomic E-state index is 8.88. The normalized spacial score (nSPS) is 13.2. The molecule has 0 radical (unpaired) electrons. The molecule has 0 aliphatic heterocycles. The zero-order valence-electron chi connectivity index (χ0n) is 6.24. The zero-order chi connectivity index (χ0) is 10.2. The summed E-state index contributed by atoms with van der Waals surface area (Å²) in [6.07, 6.45) is -0.485. The van der Waals surface area contributed by atoms with Gasteiger partial charge < -0.3 is 30.0 Å². The summed E-state index contributed by atoms with van der Waals surface area (Å²) in [7, 11) is -4.64.